The molecule has 0 aliphatic carbocycles. The predicted molar refractivity (Wildman–Crippen MR) is 56.6 cm³/mol. The Morgan fingerprint density at radius 2 is 1.93 bits per heavy atom. The van der Waals surface area contributed by atoms with Gasteiger partial charge < -0.3 is 10.6 Å². The first kappa shape index (κ1) is 11.5. The lowest BCUT2D eigenvalue weighted by Crippen LogP contribution is -2.33. The number of carbonyl (C=O) groups excluding carboxylic acids is 2. The number of hydrogen-bond acceptors (Lipinski definition) is 3. The monoisotopic (exact) mass is 227 g/mol. The molecule has 0 fully saturated rings. The van der Waals surface area contributed by atoms with Gasteiger partial charge in [-0.1, -0.05) is 0 Å². The first-order valence-electron chi connectivity index (χ1n) is 4.25. The van der Waals surface area contributed by atoms with Crippen molar-refractivity contribution in [1.29, 1.82) is 0 Å². The summed E-state index contributed by atoms with van der Waals surface area (Å²) in [6.07, 6.45) is 3.12. The third-order valence-electron chi connectivity index (χ3n) is 1.53. The SMILES string of the molecule is O=C(CCl)NCC(=O)Nc1ccncc1. The minimum Gasteiger partial charge on any atom is -0.346 e. The minimum absolute atomic E-state index is 0.0894. The van der Waals surface area contributed by atoms with Crippen molar-refractivity contribution in [3.8, 4) is 0 Å². The molecule has 2 amide bonds. The van der Waals surface area contributed by atoms with Crippen molar-refractivity contribution in [2.24, 2.45) is 0 Å². The van der Waals surface area contributed by atoms with Crippen molar-refractivity contribution in [3.05, 3.63) is 24.5 Å². The summed E-state index contributed by atoms with van der Waals surface area (Å²) < 4.78 is 0. The Morgan fingerprint density at radius 3 is 2.53 bits per heavy atom. The highest BCUT2D eigenvalue weighted by molar-refractivity contribution is 6.27. The quantitative estimate of drug-likeness (QED) is 0.731. The molecule has 1 aromatic heterocycles. The highest BCUT2D eigenvalue weighted by atomic mass is 35.5. The number of nitrogens with one attached hydrogen (secondary N) is 2. The molecular formula is C9H10ClN3O2. The van der Waals surface area contributed by atoms with Crippen LogP contribution >= 0.6 is 11.6 Å². The maximum atomic E-state index is 11.2. The van der Waals surface area contributed by atoms with E-state index in [1.807, 2.05) is 0 Å². The van der Waals surface area contributed by atoms with Gasteiger partial charge in [0.05, 0.1) is 6.54 Å². The van der Waals surface area contributed by atoms with Crippen LogP contribution in [0.15, 0.2) is 24.5 Å². The van der Waals surface area contributed by atoms with Gasteiger partial charge in [0.15, 0.2) is 0 Å². The average molecular weight is 228 g/mol. The summed E-state index contributed by atoms with van der Waals surface area (Å²) in [6.45, 7) is -0.0894. The molecule has 0 aliphatic heterocycles. The molecule has 0 unspecified atom stereocenters. The number of alkyl halides is 1. The van der Waals surface area contributed by atoms with Gasteiger partial charge in [-0.05, 0) is 12.1 Å². The highest BCUT2D eigenvalue weighted by Crippen LogP contribution is 2.01. The van der Waals surface area contributed by atoms with Crippen LogP contribution in [-0.2, 0) is 9.59 Å². The Balaban J connectivity index is 2.34. The molecule has 80 valence electrons. The largest absolute Gasteiger partial charge is 0.346 e. The van der Waals surface area contributed by atoms with Crippen LogP contribution in [0, 0.1) is 0 Å². The summed E-state index contributed by atoms with van der Waals surface area (Å²) >= 11 is 5.24. The molecular weight excluding hydrogens is 218 g/mol. The van der Waals surface area contributed by atoms with Gasteiger partial charge in [-0.25, -0.2) is 0 Å². The lowest BCUT2D eigenvalue weighted by atomic mass is 10.4. The molecule has 0 aromatic carbocycles. The number of rotatable bonds is 4. The van der Waals surface area contributed by atoms with Crippen molar-refractivity contribution >= 4 is 29.1 Å². The van der Waals surface area contributed by atoms with Crippen LogP contribution < -0.4 is 10.6 Å². The van der Waals surface area contributed by atoms with Gasteiger partial charge in [0.1, 0.15) is 5.88 Å². The molecule has 1 aromatic rings. The van der Waals surface area contributed by atoms with Gasteiger partial charge >= 0.3 is 0 Å². The Kier molecular flexibility index (Phi) is 4.56. The zero-order chi connectivity index (χ0) is 11.1. The first-order valence-corrected chi connectivity index (χ1v) is 4.78. The Labute approximate surface area is 91.8 Å². The molecule has 1 rings (SSSR count). The summed E-state index contributed by atoms with van der Waals surface area (Å²) in [5.41, 5.74) is 0.634. The Bertz CT molecular complexity index is 342. The molecule has 0 saturated carbocycles. The maximum Gasteiger partial charge on any atom is 0.243 e. The third kappa shape index (κ3) is 4.42. The molecule has 0 radical (unpaired) electrons. The molecule has 1 heterocycles. The second kappa shape index (κ2) is 5.98. The zero-order valence-corrected chi connectivity index (χ0v) is 8.62. The molecule has 0 atom stereocenters. The average Bonchev–Trinajstić information content (AvgIpc) is 2.27. The van der Waals surface area contributed by atoms with Crippen molar-refractivity contribution in [3.63, 3.8) is 0 Å². The summed E-state index contributed by atoms with van der Waals surface area (Å²) in [5.74, 6) is -0.830. The van der Waals surface area contributed by atoms with Crippen molar-refractivity contribution in [2.75, 3.05) is 17.7 Å². The molecule has 2 N–H and O–H groups in total. The lowest BCUT2D eigenvalue weighted by Gasteiger charge is -2.04. The van der Waals surface area contributed by atoms with E-state index in [2.05, 4.69) is 15.6 Å². The maximum absolute atomic E-state index is 11.2. The smallest absolute Gasteiger partial charge is 0.243 e. The second-order valence-corrected chi connectivity index (χ2v) is 2.96. The predicted octanol–water partition coefficient (Wildman–Crippen LogP) is 0.375. The van der Waals surface area contributed by atoms with E-state index in [1.54, 1.807) is 24.5 Å². The summed E-state index contributed by atoms with van der Waals surface area (Å²) in [5, 5.41) is 4.94. The highest BCUT2D eigenvalue weighted by Gasteiger charge is 2.03. The van der Waals surface area contributed by atoms with Gasteiger partial charge in [0.2, 0.25) is 11.8 Å². The van der Waals surface area contributed by atoms with Gasteiger partial charge in [-0.2, -0.15) is 0 Å². The fourth-order valence-electron chi connectivity index (χ4n) is 0.867. The van der Waals surface area contributed by atoms with E-state index in [-0.39, 0.29) is 24.2 Å². The number of amides is 2. The molecule has 15 heavy (non-hydrogen) atoms. The van der Waals surface area contributed by atoms with Gasteiger partial charge in [-0.15, -0.1) is 11.6 Å². The van der Waals surface area contributed by atoms with Crippen molar-refractivity contribution in [2.45, 2.75) is 0 Å². The molecule has 0 saturated heterocycles. The topological polar surface area (TPSA) is 71.1 Å². The Morgan fingerprint density at radius 1 is 1.27 bits per heavy atom. The summed E-state index contributed by atoms with van der Waals surface area (Å²) in [7, 11) is 0. The van der Waals surface area contributed by atoms with Gasteiger partial charge in [0.25, 0.3) is 0 Å². The van der Waals surface area contributed by atoms with E-state index >= 15 is 0 Å². The van der Waals surface area contributed by atoms with E-state index < -0.39 is 0 Å². The van der Waals surface area contributed by atoms with Crippen LogP contribution in [-0.4, -0.2) is 29.2 Å². The molecule has 5 nitrogen and oxygen atoms in total. The van der Waals surface area contributed by atoms with Crippen molar-refractivity contribution < 1.29 is 9.59 Å². The normalized spacial score (nSPS) is 9.40. The number of nitrogens with zero attached hydrogens (tertiary/aromatic N) is 1. The van der Waals surface area contributed by atoms with Crippen molar-refractivity contribution in [1.82, 2.24) is 10.3 Å². The van der Waals surface area contributed by atoms with E-state index in [0.717, 1.165) is 0 Å². The molecule has 6 heteroatoms. The summed E-state index contributed by atoms with van der Waals surface area (Å²) in [4.78, 5) is 25.8. The third-order valence-corrected chi connectivity index (χ3v) is 1.77. The van der Waals surface area contributed by atoms with Crippen LogP contribution in [0.3, 0.4) is 0 Å². The van der Waals surface area contributed by atoms with Crippen LogP contribution in [0.1, 0.15) is 0 Å². The molecule has 0 spiro atoms. The standard InChI is InChI=1S/C9H10ClN3O2/c10-5-8(14)12-6-9(15)13-7-1-3-11-4-2-7/h1-4H,5-6H2,(H,12,14)(H,11,13,15). The van der Waals surface area contributed by atoms with Crippen LogP contribution in [0.2, 0.25) is 0 Å². The van der Waals surface area contributed by atoms with E-state index in [1.165, 1.54) is 0 Å². The number of halogens is 1. The number of aromatic nitrogens is 1. The van der Waals surface area contributed by atoms with Gasteiger partial charge in [-0.3, -0.25) is 14.6 Å². The van der Waals surface area contributed by atoms with Gasteiger partial charge in [0, 0.05) is 18.1 Å². The molecule has 0 bridgehead atoms. The van der Waals surface area contributed by atoms with E-state index in [4.69, 9.17) is 11.6 Å². The van der Waals surface area contributed by atoms with E-state index in [9.17, 15) is 9.59 Å². The lowest BCUT2D eigenvalue weighted by molar-refractivity contribution is -0.122. The first-order chi connectivity index (χ1) is 7.22. The molecule has 0 aliphatic rings. The van der Waals surface area contributed by atoms with Crippen LogP contribution in [0.5, 0.6) is 0 Å². The zero-order valence-electron chi connectivity index (χ0n) is 7.87. The number of pyridine rings is 1. The number of hydrogen-bond donors (Lipinski definition) is 2. The fraction of sp³-hybridized carbons (Fsp3) is 0.222. The van der Waals surface area contributed by atoms with E-state index in [0.29, 0.717) is 5.69 Å². The van der Waals surface area contributed by atoms with Crippen LogP contribution in [0.25, 0.3) is 0 Å². The Hall–Kier alpha value is -1.62. The number of carbonyl (C=O) groups is 2. The summed E-state index contributed by atoms with van der Waals surface area (Å²) in [6, 6.07) is 3.31. The number of anilines is 1. The van der Waals surface area contributed by atoms with Crippen LogP contribution in [0.4, 0.5) is 5.69 Å². The second-order valence-electron chi connectivity index (χ2n) is 2.69. The minimum atomic E-state index is -0.374. The fourth-order valence-corrected chi connectivity index (χ4v) is 0.961.